The number of halogens is 3. The van der Waals surface area contributed by atoms with E-state index >= 15 is 0 Å². The number of hydrogen-bond acceptors (Lipinski definition) is 5. The second-order valence-corrected chi connectivity index (χ2v) is 10.6. The number of benzene rings is 3. The average Bonchev–Trinajstić information content (AvgIpc) is 3.00. The summed E-state index contributed by atoms with van der Waals surface area (Å²) in [5.41, 5.74) is 2.93. The van der Waals surface area contributed by atoms with Crippen LogP contribution >= 0.6 is 0 Å². The van der Waals surface area contributed by atoms with E-state index in [1.54, 1.807) is 24.3 Å². The van der Waals surface area contributed by atoms with Gasteiger partial charge in [0.2, 0.25) is 0 Å². The van der Waals surface area contributed by atoms with Gasteiger partial charge in [0.15, 0.2) is 0 Å². The summed E-state index contributed by atoms with van der Waals surface area (Å²) in [4.78, 5) is 36.3. The lowest BCUT2D eigenvalue weighted by molar-refractivity contribution is -0.275. The first-order valence-corrected chi connectivity index (χ1v) is 14.3. The largest absolute Gasteiger partial charge is 0.573 e. The van der Waals surface area contributed by atoms with Crippen molar-refractivity contribution in [2.45, 2.75) is 63.5 Å². The number of nitrogens with one attached hydrogen (secondary N) is 3. The zero-order chi connectivity index (χ0) is 31.7. The SMILES string of the molecule is O=C(O)CCNC(=O)c1ccc(C(NC(=O)Nc2ccc(OC(F)(F)F)c(CO)c2)c2ccc(C3CCCCC3)cc2)cc1. The molecule has 0 saturated heterocycles. The van der Waals surface area contributed by atoms with Crippen molar-refractivity contribution in [2.24, 2.45) is 0 Å². The molecule has 1 aliphatic rings. The van der Waals surface area contributed by atoms with E-state index in [-0.39, 0.29) is 24.2 Å². The summed E-state index contributed by atoms with van der Waals surface area (Å²) in [5, 5.41) is 26.4. The third-order valence-electron chi connectivity index (χ3n) is 7.47. The van der Waals surface area contributed by atoms with Gasteiger partial charge in [-0.25, -0.2) is 4.79 Å². The van der Waals surface area contributed by atoms with Gasteiger partial charge in [0, 0.05) is 23.4 Å². The number of aliphatic carboxylic acids is 1. The molecule has 1 saturated carbocycles. The topological polar surface area (TPSA) is 137 Å². The second-order valence-electron chi connectivity index (χ2n) is 10.6. The van der Waals surface area contributed by atoms with Crippen molar-refractivity contribution < 1.29 is 42.5 Å². The van der Waals surface area contributed by atoms with Crippen molar-refractivity contribution in [1.82, 2.24) is 10.6 Å². The van der Waals surface area contributed by atoms with Crippen LogP contribution in [0.5, 0.6) is 5.75 Å². The molecule has 12 heteroatoms. The number of carboxylic acid groups (broad SMARTS) is 1. The molecule has 0 heterocycles. The van der Waals surface area contributed by atoms with Crippen molar-refractivity contribution in [2.75, 3.05) is 11.9 Å². The molecular formula is C32H34F3N3O6. The molecule has 9 nitrogen and oxygen atoms in total. The number of alkyl halides is 3. The Bertz CT molecular complexity index is 1440. The van der Waals surface area contributed by atoms with Gasteiger partial charge in [-0.3, -0.25) is 9.59 Å². The Labute approximate surface area is 252 Å². The van der Waals surface area contributed by atoms with Crippen LogP contribution in [0.2, 0.25) is 0 Å². The van der Waals surface area contributed by atoms with Crippen molar-refractivity contribution >= 4 is 23.6 Å². The quantitative estimate of drug-likeness (QED) is 0.174. The van der Waals surface area contributed by atoms with Crippen LogP contribution in [0.15, 0.2) is 66.7 Å². The Morgan fingerprint density at radius 2 is 1.55 bits per heavy atom. The molecule has 3 aromatic carbocycles. The van der Waals surface area contributed by atoms with Crippen LogP contribution in [0.3, 0.4) is 0 Å². The van der Waals surface area contributed by atoms with E-state index < -0.39 is 42.7 Å². The number of anilines is 1. The van der Waals surface area contributed by atoms with Crippen molar-refractivity contribution in [1.29, 1.82) is 0 Å². The molecule has 1 fully saturated rings. The highest BCUT2D eigenvalue weighted by Crippen LogP contribution is 2.34. The molecule has 44 heavy (non-hydrogen) atoms. The maximum absolute atomic E-state index is 13.1. The number of ether oxygens (including phenoxy) is 1. The van der Waals surface area contributed by atoms with Crippen LogP contribution in [-0.4, -0.2) is 41.0 Å². The molecule has 4 rings (SSSR count). The summed E-state index contributed by atoms with van der Waals surface area (Å²) < 4.78 is 42.0. The average molecular weight is 614 g/mol. The van der Waals surface area contributed by atoms with E-state index in [1.807, 2.05) is 12.1 Å². The number of carbonyl (C=O) groups excluding carboxylic acids is 2. The number of hydrogen-bond donors (Lipinski definition) is 5. The highest BCUT2D eigenvalue weighted by Gasteiger charge is 2.32. The summed E-state index contributed by atoms with van der Waals surface area (Å²) >= 11 is 0. The van der Waals surface area contributed by atoms with Gasteiger partial charge in [-0.1, -0.05) is 55.7 Å². The Morgan fingerprint density at radius 1 is 0.909 bits per heavy atom. The number of aliphatic hydroxyl groups is 1. The highest BCUT2D eigenvalue weighted by molar-refractivity contribution is 5.94. The van der Waals surface area contributed by atoms with E-state index in [9.17, 15) is 32.7 Å². The van der Waals surface area contributed by atoms with Crippen molar-refractivity contribution in [3.8, 4) is 5.75 Å². The molecule has 1 unspecified atom stereocenters. The number of rotatable bonds is 11. The van der Waals surface area contributed by atoms with Gasteiger partial charge in [0.05, 0.1) is 19.1 Å². The fourth-order valence-corrected chi connectivity index (χ4v) is 5.27. The lowest BCUT2D eigenvalue weighted by atomic mass is 9.83. The van der Waals surface area contributed by atoms with E-state index in [2.05, 4.69) is 32.8 Å². The monoisotopic (exact) mass is 613 g/mol. The molecule has 3 amide bonds. The molecule has 5 N–H and O–H groups in total. The standard InChI is InChI=1S/C32H34F3N3O6/c33-32(34,35)44-27-15-14-26(18-25(27)19-39)37-31(43)38-29(22-8-6-21(7-9-22)20-4-2-1-3-5-20)23-10-12-24(13-11-23)30(42)36-17-16-28(40)41/h6-15,18,20,29,39H,1-5,16-17,19H2,(H,36,42)(H,40,41)(H2,37,38,43). The van der Waals surface area contributed by atoms with Crippen LogP contribution in [0, 0.1) is 0 Å². The van der Waals surface area contributed by atoms with E-state index in [4.69, 9.17) is 5.11 Å². The molecule has 0 bridgehead atoms. The minimum Gasteiger partial charge on any atom is -0.481 e. The predicted molar refractivity (Wildman–Crippen MR) is 156 cm³/mol. The van der Waals surface area contributed by atoms with E-state index in [0.717, 1.165) is 24.5 Å². The fourth-order valence-electron chi connectivity index (χ4n) is 5.27. The highest BCUT2D eigenvalue weighted by atomic mass is 19.4. The van der Waals surface area contributed by atoms with Gasteiger partial charge >= 0.3 is 18.4 Å². The summed E-state index contributed by atoms with van der Waals surface area (Å²) in [6, 6.07) is 16.6. The second kappa shape index (κ2) is 14.7. The lowest BCUT2D eigenvalue weighted by Gasteiger charge is -2.24. The molecule has 0 aliphatic heterocycles. The minimum atomic E-state index is -4.94. The van der Waals surface area contributed by atoms with Crippen LogP contribution < -0.4 is 20.7 Å². The third kappa shape index (κ3) is 9.21. The van der Waals surface area contributed by atoms with E-state index in [1.165, 1.54) is 37.0 Å². The maximum Gasteiger partial charge on any atom is 0.573 e. The fraction of sp³-hybridized carbons (Fsp3) is 0.344. The Morgan fingerprint density at radius 3 is 2.14 bits per heavy atom. The van der Waals surface area contributed by atoms with Crippen molar-refractivity contribution in [3.05, 3.63) is 94.5 Å². The molecule has 234 valence electrons. The number of carbonyl (C=O) groups is 3. The maximum atomic E-state index is 13.1. The van der Waals surface area contributed by atoms with Gasteiger partial charge in [0.25, 0.3) is 5.91 Å². The summed E-state index contributed by atoms with van der Waals surface area (Å²) in [7, 11) is 0. The third-order valence-corrected chi connectivity index (χ3v) is 7.47. The van der Waals surface area contributed by atoms with Crippen LogP contribution in [0.25, 0.3) is 0 Å². The first-order valence-electron chi connectivity index (χ1n) is 14.3. The van der Waals surface area contributed by atoms with Gasteiger partial charge in [0.1, 0.15) is 5.75 Å². The van der Waals surface area contributed by atoms with Gasteiger partial charge < -0.3 is 30.9 Å². The molecular weight excluding hydrogens is 579 g/mol. The van der Waals surface area contributed by atoms with E-state index in [0.29, 0.717) is 17.0 Å². The molecule has 3 aromatic rings. The summed E-state index contributed by atoms with van der Waals surface area (Å²) in [6.45, 7) is -0.760. The molecule has 0 radical (unpaired) electrons. The zero-order valence-electron chi connectivity index (χ0n) is 23.8. The Hall–Kier alpha value is -4.58. The van der Waals surface area contributed by atoms with Gasteiger partial charge in [-0.05, 0) is 65.8 Å². The summed E-state index contributed by atoms with van der Waals surface area (Å²) in [6.07, 6.45) is 0.720. The van der Waals surface area contributed by atoms with Crippen LogP contribution in [0.1, 0.15) is 83.1 Å². The molecule has 0 aromatic heterocycles. The van der Waals surface area contributed by atoms with Crippen LogP contribution in [-0.2, 0) is 11.4 Å². The van der Waals surface area contributed by atoms with Crippen molar-refractivity contribution in [3.63, 3.8) is 0 Å². The van der Waals surface area contributed by atoms with Gasteiger partial charge in [-0.15, -0.1) is 13.2 Å². The molecule has 1 aliphatic carbocycles. The number of aliphatic hydroxyl groups excluding tert-OH is 1. The number of urea groups is 1. The normalized spacial score (nSPS) is 14.4. The van der Waals surface area contributed by atoms with Crippen LogP contribution in [0.4, 0.5) is 23.7 Å². The smallest absolute Gasteiger partial charge is 0.481 e. The first kappa shape index (κ1) is 32.3. The minimum absolute atomic E-state index is 0.0189. The Kier molecular flexibility index (Phi) is 10.8. The molecule has 1 atom stereocenters. The molecule has 0 spiro atoms. The first-order chi connectivity index (χ1) is 21.0. The Balaban J connectivity index is 1.54. The zero-order valence-corrected chi connectivity index (χ0v) is 23.8. The van der Waals surface area contributed by atoms with Gasteiger partial charge in [-0.2, -0.15) is 0 Å². The summed E-state index contributed by atoms with van der Waals surface area (Å²) in [5.74, 6) is -1.56. The predicted octanol–water partition coefficient (Wildman–Crippen LogP) is 6.24. The lowest BCUT2D eigenvalue weighted by Crippen LogP contribution is -2.33. The number of amides is 3. The number of carboxylic acids is 1.